The molecule has 0 radical (unpaired) electrons. The Kier molecular flexibility index (Phi) is 6.40. The van der Waals surface area contributed by atoms with Crippen molar-refractivity contribution in [3.05, 3.63) is 18.0 Å². The molecule has 1 heterocycles. The molecule has 0 atom stereocenters. The number of aromatic nitrogens is 1. The van der Waals surface area contributed by atoms with E-state index in [0.717, 1.165) is 43.1 Å². The molecule has 0 unspecified atom stereocenters. The van der Waals surface area contributed by atoms with Gasteiger partial charge >= 0.3 is 0 Å². The van der Waals surface area contributed by atoms with E-state index < -0.39 is 0 Å². The zero-order valence-corrected chi connectivity index (χ0v) is 11.0. The predicted molar refractivity (Wildman–Crippen MR) is 69.7 cm³/mol. The summed E-state index contributed by atoms with van der Waals surface area (Å²) < 4.78 is 10.3. The number of nitrogens with one attached hydrogen (secondary N) is 1. The summed E-state index contributed by atoms with van der Waals surface area (Å²) >= 11 is 0. The summed E-state index contributed by atoms with van der Waals surface area (Å²) in [5, 5.41) is 3.38. The molecule has 0 fully saturated rings. The van der Waals surface area contributed by atoms with Crippen molar-refractivity contribution < 1.29 is 9.47 Å². The fourth-order valence-electron chi connectivity index (χ4n) is 1.62. The number of rotatable bonds is 8. The maximum Gasteiger partial charge on any atom is 0.160 e. The highest BCUT2D eigenvalue weighted by Crippen LogP contribution is 2.23. The minimum absolute atomic E-state index is 0.799. The Labute approximate surface area is 103 Å². The number of nitrogens with zero attached hydrogens (tertiary/aromatic N) is 1. The van der Waals surface area contributed by atoms with Crippen LogP contribution in [0.5, 0.6) is 5.75 Å². The zero-order valence-electron chi connectivity index (χ0n) is 11.0. The van der Waals surface area contributed by atoms with Gasteiger partial charge in [-0.3, -0.25) is 4.98 Å². The lowest BCUT2D eigenvalue weighted by Crippen LogP contribution is -2.04. The number of hydrogen-bond donors (Lipinski definition) is 1. The molecule has 1 aromatic rings. The molecule has 0 saturated heterocycles. The Morgan fingerprint density at radius 3 is 2.76 bits per heavy atom. The first-order valence-electron chi connectivity index (χ1n) is 6.01. The van der Waals surface area contributed by atoms with E-state index in [1.54, 1.807) is 20.4 Å². The van der Waals surface area contributed by atoms with Crippen molar-refractivity contribution in [2.24, 2.45) is 0 Å². The number of ether oxygens (including phenoxy) is 2. The highest BCUT2D eigenvalue weighted by atomic mass is 16.5. The first-order valence-corrected chi connectivity index (χ1v) is 6.01. The van der Waals surface area contributed by atoms with E-state index in [4.69, 9.17) is 9.47 Å². The highest BCUT2D eigenvalue weighted by molar-refractivity contribution is 5.55. The van der Waals surface area contributed by atoms with Crippen molar-refractivity contribution in [1.29, 1.82) is 0 Å². The van der Waals surface area contributed by atoms with Crippen LogP contribution in [0.3, 0.4) is 0 Å². The van der Waals surface area contributed by atoms with Crippen molar-refractivity contribution in [1.82, 2.24) is 4.98 Å². The Morgan fingerprint density at radius 1 is 1.24 bits per heavy atom. The Balaban J connectivity index is 2.32. The van der Waals surface area contributed by atoms with Gasteiger partial charge in [-0.2, -0.15) is 0 Å². The Bertz CT molecular complexity index is 329. The molecule has 1 aromatic heterocycles. The molecule has 0 aliphatic rings. The number of methoxy groups -OCH3 is 2. The van der Waals surface area contributed by atoms with Crippen LogP contribution < -0.4 is 10.1 Å². The van der Waals surface area contributed by atoms with Crippen LogP contribution in [0.4, 0.5) is 5.69 Å². The smallest absolute Gasteiger partial charge is 0.160 e. The molecule has 1 N–H and O–H groups in total. The van der Waals surface area contributed by atoms with Crippen LogP contribution in [0.15, 0.2) is 12.3 Å². The van der Waals surface area contributed by atoms with Crippen LogP contribution in [-0.2, 0) is 4.74 Å². The molecule has 4 heteroatoms. The van der Waals surface area contributed by atoms with Crippen LogP contribution in [-0.4, -0.2) is 32.4 Å². The van der Waals surface area contributed by atoms with Crippen LogP contribution >= 0.6 is 0 Å². The molecule has 0 aliphatic carbocycles. The fourth-order valence-corrected chi connectivity index (χ4v) is 1.62. The number of anilines is 1. The van der Waals surface area contributed by atoms with Crippen molar-refractivity contribution in [2.45, 2.75) is 26.2 Å². The molecule has 0 saturated carbocycles. The summed E-state index contributed by atoms with van der Waals surface area (Å²) in [6.07, 6.45) is 5.17. The van der Waals surface area contributed by atoms with Gasteiger partial charge in [0.15, 0.2) is 5.75 Å². The molecule has 96 valence electrons. The SMILES string of the molecule is COCCCCCNc1cc(C)ncc1OC. The minimum atomic E-state index is 0.799. The van der Waals surface area contributed by atoms with E-state index in [9.17, 15) is 0 Å². The van der Waals surface area contributed by atoms with Gasteiger partial charge in [0, 0.05) is 26.0 Å². The summed E-state index contributed by atoms with van der Waals surface area (Å²) in [6.45, 7) is 3.77. The van der Waals surface area contributed by atoms with E-state index in [1.165, 1.54) is 6.42 Å². The average molecular weight is 238 g/mol. The molecule has 0 aromatic carbocycles. The molecule has 0 aliphatic heterocycles. The summed E-state index contributed by atoms with van der Waals surface area (Å²) in [5.74, 6) is 0.799. The molecule has 0 amide bonds. The number of unbranched alkanes of at least 4 members (excludes halogenated alkanes) is 2. The predicted octanol–water partition coefficient (Wildman–Crippen LogP) is 2.63. The Morgan fingerprint density at radius 2 is 2.06 bits per heavy atom. The van der Waals surface area contributed by atoms with Gasteiger partial charge in [0.05, 0.1) is 19.0 Å². The fraction of sp³-hybridized carbons (Fsp3) is 0.615. The molecular weight excluding hydrogens is 216 g/mol. The molecule has 4 nitrogen and oxygen atoms in total. The number of hydrogen-bond acceptors (Lipinski definition) is 4. The van der Waals surface area contributed by atoms with Gasteiger partial charge in [-0.15, -0.1) is 0 Å². The van der Waals surface area contributed by atoms with E-state index in [2.05, 4.69) is 10.3 Å². The normalized spacial score (nSPS) is 10.3. The maximum atomic E-state index is 5.25. The van der Waals surface area contributed by atoms with Gasteiger partial charge in [0.2, 0.25) is 0 Å². The summed E-state index contributed by atoms with van der Waals surface area (Å²) in [4.78, 5) is 4.20. The van der Waals surface area contributed by atoms with Gasteiger partial charge in [-0.1, -0.05) is 0 Å². The summed E-state index contributed by atoms with van der Waals surface area (Å²) in [6, 6.07) is 2.01. The first-order chi connectivity index (χ1) is 8.27. The van der Waals surface area contributed by atoms with Crippen molar-refractivity contribution in [3.8, 4) is 5.75 Å². The third-order valence-electron chi connectivity index (χ3n) is 2.56. The standard InChI is InChI=1S/C13H22N2O2/c1-11-9-12(13(17-3)10-15-11)14-7-5-4-6-8-16-2/h9-10H,4-8H2,1-3H3,(H,14,15). The van der Waals surface area contributed by atoms with Crippen LogP contribution in [0.1, 0.15) is 25.0 Å². The maximum absolute atomic E-state index is 5.25. The van der Waals surface area contributed by atoms with Crippen molar-refractivity contribution >= 4 is 5.69 Å². The van der Waals surface area contributed by atoms with Gasteiger partial charge in [-0.25, -0.2) is 0 Å². The second-order valence-electron chi connectivity index (χ2n) is 4.01. The highest BCUT2D eigenvalue weighted by Gasteiger charge is 2.02. The average Bonchev–Trinajstić information content (AvgIpc) is 2.34. The number of pyridine rings is 1. The van der Waals surface area contributed by atoms with E-state index in [-0.39, 0.29) is 0 Å². The van der Waals surface area contributed by atoms with Gasteiger partial charge in [0.25, 0.3) is 0 Å². The largest absolute Gasteiger partial charge is 0.493 e. The van der Waals surface area contributed by atoms with Gasteiger partial charge in [0.1, 0.15) is 0 Å². The van der Waals surface area contributed by atoms with Crippen molar-refractivity contribution in [2.75, 3.05) is 32.7 Å². The second-order valence-corrected chi connectivity index (χ2v) is 4.01. The van der Waals surface area contributed by atoms with E-state index >= 15 is 0 Å². The lowest BCUT2D eigenvalue weighted by atomic mass is 10.2. The summed E-state index contributed by atoms with van der Waals surface area (Å²) in [5.41, 5.74) is 2.01. The topological polar surface area (TPSA) is 43.4 Å². The molecular formula is C13H22N2O2. The third-order valence-corrected chi connectivity index (χ3v) is 2.56. The van der Waals surface area contributed by atoms with Crippen molar-refractivity contribution in [3.63, 3.8) is 0 Å². The van der Waals surface area contributed by atoms with Crippen LogP contribution in [0.2, 0.25) is 0 Å². The van der Waals surface area contributed by atoms with E-state index in [0.29, 0.717) is 0 Å². The number of aryl methyl sites for hydroxylation is 1. The lowest BCUT2D eigenvalue weighted by Gasteiger charge is -2.11. The molecule has 17 heavy (non-hydrogen) atoms. The summed E-state index contributed by atoms with van der Waals surface area (Å²) in [7, 11) is 3.40. The molecule has 0 spiro atoms. The third kappa shape index (κ3) is 5.04. The minimum Gasteiger partial charge on any atom is -0.493 e. The molecule has 1 rings (SSSR count). The molecule has 0 bridgehead atoms. The monoisotopic (exact) mass is 238 g/mol. The van der Waals surface area contributed by atoms with Gasteiger partial charge < -0.3 is 14.8 Å². The van der Waals surface area contributed by atoms with Crippen LogP contribution in [0, 0.1) is 6.92 Å². The quantitative estimate of drug-likeness (QED) is 0.707. The lowest BCUT2D eigenvalue weighted by molar-refractivity contribution is 0.192. The zero-order chi connectivity index (χ0) is 12.5. The first kappa shape index (κ1) is 13.8. The van der Waals surface area contributed by atoms with Gasteiger partial charge in [-0.05, 0) is 32.3 Å². The Hall–Kier alpha value is -1.29. The second kappa shape index (κ2) is 7.90. The van der Waals surface area contributed by atoms with E-state index in [1.807, 2.05) is 13.0 Å². The van der Waals surface area contributed by atoms with Crippen LogP contribution in [0.25, 0.3) is 0 Å².